The van der Waals surface area contributed by atoms with Gasteiger partial charge >= 0.3 is 0 Å². The number of nitrogens with zero attached hydrogens (tertiary/aromatic N) is 3. The third-order valence-electron chi connectivity index (χ3n) is 3.84. The van der Waals surface area contributed by atoms with Crippen LogP contribution in [-0.4, -0.2) is 20.4 Å². The molecule has 0 atom stereocenters. The molecular formula is C19H14N4O. The van der Waals surface area contributed by atoms with Gasteiger partial charge in [0.05, 0.1) is 5.69 Å². The fourth-order valence-electron chi connectivity index (χ4n) is 2.63. The van der Waals surface area contributed by atoms with Crippen LogP contribution < -0.4 is 5.73 Å². The molecule has 2 aromatic heterocycles. The molecule has 2 heterocycles. The molecule has 0 bridgehead atoms. The van der Waals surface area contributed by atoms with Crippen molar-refractivity contribution < 1.29 is 4.79 Å². The molecule has 24 heavy (non-hydrogen) atoms. The number of nitrogens with two attached hydrogens (primary N) is 1. The lowest BCUT2D eigenvalue weighted by atomic mass is 10.0. The van der Waals surface area contributed by atoms with E-state index in [-0.39, 0.29) is 5.78 Å². The Hall–Kier alpha value is -3.47. The van der Waals surface area contributed by atoms with Gasteiger partial charge in [-0.1, -0.05) is 48.5 Å². The minimum atomic E-state index is -0.0150. The highest BCUT2D eigenvalue weighted by molar-refractivity contribution is 6.09. The number of carbonyl (C=O) groups is 1. The monoisotopic (exact) mass is 314 g/mol. The van der Waals surface area contributed by atoms with E-state index in [2.05, 4.69) is 10.1 Å². The van der Waals surface area contributed by atoms with E-state index in [0.717, 1.165) is 11.3 Å². The summed E-state index contributed by atoms with van der Waals surface area (Å²) in [6.45, 7) is 0. The minimum absolute atomic E-state index is 0.0150. The van der Waals surface area contributed by atoms with Crippen LogP contribution in [0.2, 0.25) is 0 Å². The average molecular weight is 314 g/mol. The quantitative estimate of drug-likeness (QED) is 0.589. The van der Waals surface area contributed by atoms with E-state index >= 15 is 0 Å². The topological polar surface area (TPSA) is 73.3 Å². The van der Waals surface area contributed by atoms with Crippen molar-refractivity contribution in [2.24, 2.45) is 0 Å². The van der Waals surface area contributed by atoms with Crippen LogP contribution in [0, 0.1) is 0 Å². The normalized spacial score (nSPS) is 10.8. The summed E-state index contributed by atoms with van der Waals surface area (Å²) in [6, 6.07) is 20.2. The number of benzene rings is 2. The van der Waals surface area contributed by atoms with Gasteiger partial charge in [-0.3, -0.25) is 4.79 Å². The lowest BCUT2D eigenvalue weighted by molar-refractivity contribution is 0.103. The molecule has 4 rings (SSSR count). The molecule has 0 spiro atoms. The number of hydrogen-bond donors (Lipinski definition) is 1. The highest BCUT2D eigenvalue weighted by Crippen LogP contribution is 2.22. The van der Waals surface area contributed by atoms with Crippen LogP contribution in [0.15, 0.2) is 72.9 Å². The van der Waals surface area contributed by atoms with Crippen LogP contribution in [0.4, 0.5) is 5.82 Å². The Morgan fingerprint density at radius 2 is 1.71 bits per heavy atom. The number of ketones is 1. The highest BCUT2D eigenvalue weighted by Gasteiger charge is 2.12. The van der Waals surface area contributed by atoms with E-state index in [9.17, 15) is 4.79 Å². The molecule has 5 heteroatoms. The van der Waals surface area contributed by atoms with E-state index < -0.39 is 0 Å². The summed E-state index contributed by atoms with van der Waals surface area (Å²) in [6.07, 6.45) is 1.64. The summed E-state index contributed by atoms with van der Waals surface area (Å²) < 4.78 is 1.58. The van der Waals surface area contributed by atoms with Gasteiger partial charge in [0.1, 0.15) is 5.82 Å². The predicted octanol–water partition coefficient (Wildman–Crippen LogP) is 3.21. The maximum Gasteiger partial charge on any atom is 0.193 e. The number of nitrogen functional groups attached to an aromatic ring is 1. The van der Waals surface area contributed by atoms with E-state index in [0.29, 0.717) is 22.6 Å². The van der Waals surface area contributed by atoms with Gasteiger partial charge in [-0.05, 0) is 12.1 Å². The number of fused-ring (bicyclic) bond motifs is 1. The first-order valence-corrected chi connectivity index (χ1v) is 7.53. The number of carbonyl (C=O) groups excluding carboxylic acids is 1. The number of hydrogen-bond acceptors (Lipinski definition) is 4. The Bertz CT molecular complexity index is 1040. The molecule has 0 unspecified atom stereocenters. The molecule has 2 N–H and O–H groups in total. The van der Waals surface area contributed by atoms with Gasteiger partial charge in [-0.25, -0.2) is 4.98 Å². The van der Waals surface area contributed by atoms with Gasteiger partial charge in [0, 0.05) is 29.0 Å². The van der Waals surface area contributed by atoms with E-state index in [1.54, 1.807) is 22.8 Å². The van der Waals surface area contributed by atoms with E-state index in [1.807, 2.05) is 54.6 Å². The number of anilines is 1. The molecule has 0 amide bonds. The molecule has 0 aliphatic heterocycles. The Morgan fingerprint density at radius 3 is 2.50 bits per heavy atom. The lowest BCUT2D eigenvalue weighted by Gasteiger charge is -2.03. The van der Waals surface area contributed by atoms with Crippen LogP contribution >= 0.6 is 0 Å². The van der Waals surface area contributed by atoms with Gasteiger partial charge in [-0.2, -0.15) is 9.61 Å². The second-order valence-electron chi connectivity index (χ2n) is 5.45. The van der Waals surface area contributed by atoms with Crippen molar-refractivity contribution in [2.45, 2.75) is 0 Å². The molecule has 116 valence electrons. The fraction of sp³-hybridized carbons (Fsp3) is 0. The van der Waals surface area contributed by atoms with Crippen LogP contribution in [0.1, 0.15) is 15.9 Å². The second-order valence-corrected chi connectivity index (χ2v) is 5.45. The van der Waals surface area contributed by atoms with Crippen molar-refractivity contribution in [3.63, 3.8) is 0 Å². The predicted molar refractivity (Wildman–Crippen MR) is 92.7 cm³/mol. The number of aromatic nitrogens is 3. The van der Waals surface area contributed by atoms with Gasteiger partial charge in [0.25, 0.3) is 0 Å². The third-order valence-corrected chi connectivity index (χ3v) is 3.84. The summed E-state index contributed by atoms with van der Waals surface area (Å²) >= 11 is 0. The first kappa shape index (κ1) is 14.1. The van der Waals surface area contributed by atoms with E-state index in [4.69, 9.17) is 5.73 Å². The molecule has 0 saturated heterocycles. The van der Waals surface area contributed by atoms with Crippen LogP contribution in [0.5, 0.6) is 0 Å². The van der Waals surface area contributed by atoms with Crippen molar-refractivity contribution >= 4 is 17.2 Å². The molecule has 0 aliphatic rings. The molecule has 0 aliphatic carbocycles. The van der Waals surface area contributed by atoms with Crippen molar-refractivity contribution in [1.82, 2.24) is 14.6 Å². The molecule has 0 radical (unpaired) electrons. The van der Waals surface area contributed by atoms with Crippen LogP contribution in [-0.2, 0) is 0 Å². The SMILES string of the molecule is Nc1ccnc2cc(-c3cccc(C(=O)c4ccccc4)c3)nn12. The zero-order chi connectivity index (χ0) is 16.5. The Kier molecular flexibility index (Phi) is 3.31. The molecule has 5 nitrogen and oxygen atoms in total. The van der Waals surface area contributed by atoms with Crippen molar-refractivity contribution in [3.05, 3.63) is 84.1 Å². The van der Waals surface area contributed by atoms with Crippen molar-refractivity contribution in [3.8, 4) is 11.3 Å². The first-order valence-electron chi connectivity index (χ1n) is 7.53. The molecular weight excluding hydrogens is 300 g/mol. The average Bonchev–Trinajstić information content (AvgIpc) is 3.08. The lowest BCUT2D eigenvalue weighted by Crippen LogP contribution is -2.01. The third kappa shape index (κ3) is 2.42. The maximum absolute atomic E-state index is 12.6. The second kappa shape index (κ2) is 5.62. The summed E-state index contributed by atoms with van der Waals surface area (Å²) in [5.74, 6) is 0.501. The fourth-order valence-corrected chi connectivity index (χ4v) is 2.63. The zero-order valence-electron chi connectivity index (χ0n) is 12.8. The van der Waals surface area contributed by atoms with Gasteiger partial charge in [0.15, 0.2) is 11.4 Å². The molecule has 4 aromatic rings. The maximum atomic E-state index is 12.6. The van der Waals surface area contributed by atoms with Gasteiger partial charge in [-0.15, -0.1) is 0 Å². The van der Waals surface area contributed by atoms with Crippen molar-refractivity contribution in [2.75, 3.05) is 5.73 Å². The highest BCUT2D eigenvalue weighted by atomic mass is 16.1. The first-order chi connectivity index (χ1) is 11.7. The minimum Gasteiger partial charge on any atom is -0.384 e. The zero-order valence-corrected chi connectivity index (χ0v) is 12.8. The van der Waals surface area contributed by atoms with Gasteiger partial charge < -0.3 is 5.73 Å². The standard InChI is InChI=1S/C19H14N4O/c20-17-9-10-21-18-12-16(22-23(17)18)14-7-4-8-15(11-14)19(24)13-5-2-1-3-6-13/h1-12H,20H2. The van der Waals surface area contributed by atoms with Crippen LogP contribution in [0.3, 0.4) is 0 Å². The molecule has 2 aromatic carbocycles. The Morgan fingerprint density at radius 1 is 0.917 bits per heavy atom. The number of rotatable bonds is 3. The molecule has 0 fully saturated rings. The summed E-state index contributed by atoms with van der Waals surface area (Å²) in [7, 11) is 0. The summed E-state index contributed by atoms with van der Waals surface area (Å²) in [5, 5.41) is 4.47. The molecule has 0 saturated carbocycles. The van der Waals surface area contributed by atoms with Crippen LogP contribution in [0.25, 0.3) is 16.9 Å². The summed E-state index contributed by atoms with van der Waals surface area (Å²) in [5.41, 5.74) is 9.44. The summed E-state index contributed by atoms with van der Waals surface area (Å²) in [4.78, 5) is 16.8. The largest absolute Gasteiger partial charge is 0.384 e. The smallest absolute Gasteiger partial charge is 0.193 e. The van der Waals surface area contributed by atoms with E-state index in [1.165, 1.54) is 0 Å². The Balaban J connectivity index is 1.77. The van der Waals surface area contributed by atoms with Crippen molar-refractivity contribution in [1.29, 1.82) is 0 Å². The Labute approximate surface area is 138 Å². The van der Waals surface area contributed by atoms with Gasteiger partial charge in [0.2, 0.25) is 0 Å².